The molecule has 1 fully saturated rings. The first-order valence-electron chi connectivity index (χ1n) is 11.4. The molecule has 9 nitrogen and oxygen atoms in total. The summed E-state index contributed by atoms with van der Waals surface area (Å²) in [5.74, 6) is 2.95. The average molecular weight is 465 g/mol. The van der Waals surface area contributed by atoms with E-state index in [-0.39, 0.29) is 0 Å². The van der Waals surface area contributed by atoms with E-state index in [0.29, 0.717) is 29.2 Å². The van der Waals surface area contributed by atoms with Crippen LogP contribution in [0, 0.1) is 0 Å². The molecule has 2 aromatic heterocycles. The smallest absolute Gasteiger partial charge is 0.227 e. The number of rotatable bonds is 10. The van der Waals surface area contributed by atoms with Gasteiger partial charge in [-0.2, -0.15) is 0 Å². The van der Waals surface area contributed by atoms with Crippen LogP contribution in [-0.2, 0) is 0 Å². The molecule has 0 radical (unpaired) electrons. The topological polar surface area (TPSA) is 93.7 Å². The lowest BCUT2D eigenvalue weighted by Gasteiger charge is -2.19. The molecule has 1 saturated heterocycles. The van der Waals surface area contributed by atoms with E-state index in [2.05, 4.69) is 37.5 Å². The minimum Gasteiger partial charge on any atom is -0.493 e. The van der Waals surface area contributed by atoms with Crippen LogP contribution >= 0.6 is 0 Å². The highest BCUT2D eigenvalue weighted by Crippen LogP contribution is 2.40. The third-order valence-corrected chi connectivity index (χ3v) is 6.09. The number of aromatic nitrogens is 3. The van der Waals surface area contributed by atoms with Gasteiger partial charge in [0.25, 0.3) is 0 Å². The van der Waals surface area contributed by atoms with Crippen molar-refractivity contribution in [3.05, 3.63) is 42.7 Å². The van der Waals surface area contributed by atoms with E-state index in [1.165, 1.54) is 19.4 Å². The Balaban J connectivity index is 1.42. The lowest BCUT2D eigenvalue weighted by Crippen LogP contribution is -2.27. The molecule has 1 unspecified atom stereocenters. The zero-order chi connectivity index (χ0) is 23.9. The second kappa shape index (κ2) is 11.0. The van der Waals surface area contributed by atoms with E-state index in [1.54, 1.807) is 27.5 Å². The zero-order valence-electron chi connectivity index (χ0n) is 20.2. The Morgan fingerprint density at radius 3 is 2.44 bits per heavy atom. The van der Waals surface area contributed by atoms with Gasteiger partial charge in [-0.05, 0) is 51.1 Å². The highest BCUT2D eigenvalue weighted by molar-refractivity contribution is 5.67. The van der Waals surface area contributed by atoms with Crippen LogP contribution in [0.2, 0.25) is 0 Å². The van der Waals surface area contributed by atoms with Gasteiger partial charge in [-0.1, -0.05) is 0 Å². The van der Waals surface area contributed by atoms with Gasteiger partial charge in [-0.15, -0.1) is 0 Å². The molecule has 0 aliphatic carbocycles. The summed E-state index contributed by atoms with van der Waals surface area (Å²) in [7, 11) is 6.94. The van der Waals surface area contributed by atoms with Gasteiger partial charge in [0, 0.05) is 48.4 Å². The summed E-state index contributed by atoms with van der Waals surface area (Å²) in [6.45, 7) is 2.12. The summed E-state index contributed by atoms with van der Waals surface area (Å²) in [6.07, 6.45) is 7.25. The van der Waals surface area contributed by atoms with Gasteiger partial charge in [-0.25, -0.2) is 15.0 Å². The quantitative estimate of drug-likeness (QED) is 0.458. The maximum absolute atomic E-state index is 5.42. The first kappa shape index (κ1) is 23.6. The Kier molecular flexibility index (Phi) is 7.64. The van der Waals surface area contributed by atoms with Gasteiger partial charge in [0.1, 0.15) is 5.82 Å². The number of nitrogens with zero attached hydrogens (tertiary/aromatic N) is 4. The third-order valence-electron chi connectivity index (χ3n) is 6.09. The molecule has 1 atom stereocenters. The first-order valence-corrected chi connectivity index (χ1v) is 11.4. The minimum absolute atomic E-state index is 0.453. The molecule has 2 N–H and O–H groups in total. The van der Waals surface area contributed by atoms with Crippen molar-refractivity contribution in [2.45, 2.75) is 25.3 Å². The molecule has 9 heteroatoms. The summed E-state index contributed by atoms with van der Waals surface area (Å²) in [5.41, 5.74) is 2.41. The Bertz CT molecular complexity index is 1070. The van der Waals surface area contributed by atoms with E-state index in [1.807, 2.05) is 36.5 Å². The van der Waals surface area contributed by atoms with Gasteiger partial charge in [-0.3, -0.25) is 0 Å². The van der Waals surface area contributed by atoms with Crippen LogP contribution in [-0.4, -0.2) is 67.4 Å². The number of nitrogens with one attached hydrogen (secondary N) is 2. The lowest BCUT2D eigenvalue weighted by atomic mass is 10.1. The van der Waals surface area contributed by atoms with Crippen LogP contribution in [0.3, 0.4) is 0 Å². The number of ether oxygens (including phenoxy) is 3. The van der Waals surface area contributed by atoms with Crippen LogP contribution < -0.4 is 24.8 Å². The van der Waals surface area contributed by atoms with Crippen LogP contribution in [0.5, 0.6) is 17.2 Å². The molecule has 1 aliphatic heterocycles. The van der Waals surface area contributed by atoms with Crippen molar-refractivity contribution in [2.75, 3.05) is 52.1 Å². The predicted octanol–water partition coefficient (Wildman–Crippen LogP) is 4.20. The molecular weight excluding hydrogens is 432 g/mol. The third kappa shape index (κ3) is 5.48. The predicted molar refractivity (Wildman–Crippen MR) is 133 cm³/mol. The van der Waals surface area contributed by atoms with Crippen molar-refractivity contribution >= 4 is 17.5 Å². The minimum atomic E-state index is 0.453. The van der Waals surface area contributed by atoms with Crippen LogP contribution in [0.15, 0.2) is 42.7 Å². The molecule has 0 bridgehead atoms. The van der Waals surface area contributed by atoms with Crippen molar-refractivity contribution < 1.29 is 14.2 Å². The SMILES string of the molecule is COc1cc(Nc2nccc(-c3ccc(NCCC4CCCN4C)nc3)n2)cc(OC)c1OC. The Morgan fingerprint density at radius 2 is 1.82 bits per heavy atom. The summed E-state index contributed by atoms with van der Waals surface area (Å²) in [5, 5.41) is 6.64. The van der Waals surface area contributed by atoms with Crippen LogP contribution in [0.4, 0.5) is 17.5 Å². The van der Waals surface area contributed by atoms with Gasteiger partial charge in [0.05, 0.1) is 27.0 Å². The van der Waals surface area contributed by atoms with Gasteiger partial charge < -0.3 is 29.7 Å². The van der Waals surface area contributed by atoms with E-state index in [0.717, 1.165) is 35.7 Å². The average Bonchev–Trinajstić information content (AvgIpc) is 3.28. The summed E-state index contributed by atoms with van der Waals surface area (Å²) in [6, 6.07) is 10.2. The molecule has 4 rings (SSSR count). The van der Waals surface area contributed by atoms with Crippen molar-refractivity contribution in [2.24, 2.45) is 0 Å². The van der Waals surface area contributed by atoms with Crippen molar-refractivity contribution in [3.8, 4) is 28.5 Å². The van der Waals surface area contributed by atoms with Gasteiger partial charge in [0.15, 0.2) is 11.5 Å². The maximum Gasteiger partial charge on any atom is 0.227 e. The van der Waals surface area contributed by atoms with Crippen molar-refractivity contribution in [1.82, 2.24) is 19.9 Å². The number of likely N-dealkylation sites (tertiary alicyclic amines) is 1. The molecule has 1 aromatic carbocycles. The fourth-order valence-corrected chi connectivity index (χ4v) is 4.22. The largest absolute Gasteiger partial charge is 0.493 e. The summed E-state index contributed by atoms with van der Waals surface area (Å²) < 4.78 is 16.2. The second-order valence-corrected chi connectivity index (χ2v) is 8.23. The Hall–Kier alpha value is -3.59. The lowest BCUT2D eigenvalue weighted by molar-refractivity contribution is 0.301. The number of hydrogen-bond donors (Lipinski definition) is 2. The van der Waals surface area contributed by atoms with E-state index < -0.39 is 0 Å². The zero-order valence-corrected chi connectivity index (χ0v) is 20.2. The normalized spacial score (nSPS) is 15.7. The number of pyridine rings is 1. The van der Waals surface area contributed by atoms with Crippen molar-refractivity contribution in [1.29, 1.82) is 0 Å². The number of methoxy groups -OCH3 is 3. The molecule has 0 amide bonds. The van der Waals surface area contributed by atoms with E-state index >= 15 is 0 Å². The number of hydrogen-bond acceptors (Lipinski definition) is 9. The number of benzene rings is 1. The standard InChI is InChI=1S/C25H32N6O3/c1-31-13-5-6-19(31)9-11-26-23-8-7-17(16-28-23)20-10-12-27-25(30-20)29-18-14-21(32-2)24(34-4)22(15-18)33-3/h7-8,10,12,14-16,19H,5-6,9,11,13H2,1-4H3,(H,26,28)(H,27,29,30). The highest BCUT2D eigenvalue weighted by atomic mass is 16.5. The molecule has 180 valence electrons. The van der Waals surface area contributed by atoms with E-state index in [4.69, 9.17) is 14.2 Å². The first-order chi connectivity index (χ1) is 16.6. The molecule has 3 aromatic rings. The van der Waals surface area contributed by atoms with Gasteiger partial charge >= 0.3 is 0 Å². The maximum atomic E-state index is 5.42. The van der Waals surface area contributed by atoms with Crippen LogP contribution in [0.25, 0.3) is 11.3 Å². The summed E-state index contributed by atoms with van der Waals surface area (Å²) in [4.78, 5) is 16.0. The fraction of sp³-hybridized carbons (Fsp3) is 0.400. The number of anilines is 3. The summed E-state index contributed by atoms with van der Waals surface area (Å²) >= 11 is 0. The van der Waals surface area contributed by atoms with Gasteiger partial charge in [0.2, 0.25) is 11.7 Å². The molecular formula is C25H32N6O3. The van der Waals surface area contributed by atoms with Crippen molar-refractivity contribution in [3.63, 3.8) is 0 Å². The Morgan fingerprint density at radius 1 is 1.03 bits per heavy atom. The van der Waals surface area contributed by atoms with Crippen LogP contribution in [0.1, 0.15) is 19.3 Å². The Labute approximate surface area is 200 Å². The van der Waals surface area contributed by atoms with E-state index in [9.17, 15) is 0 Å². The molecule has 0 saturated carbocycles. The molecule has 0 spiro atoms. The monoisotopic (exact) mass is 464 g/mol. The highest BCUT2D eigenvalue weighted by Gasteiger charge is 2.20. The molecule has 34 heavy (non-hydrogen) atoms. The fourth-order valence-electron chi connectivity index (χ4n) is 4.22. The molecule has 1 aliphatic rings. The second-order valence-electron chi connectivity index (χ2n) is 8.23. The molecule has 3 heterocycles.